The maximum atomic E-state index is 13.8. The predicted molar refractivity (Wildman–Crippen MR) is 80.8 cm³/mol. The van der Waals surface area contributed by atoms with Crippen LogP contribution in [0.15, 0.2) is 60.7 Å². The summed E-state index contributed by atoms with van der Waals surface area (Å²) in [5.74, 6) is 0.0808. The van der Waals surface area contributed by atoms with E-state index in [0.29, 0.717) is 0 Å². The van der Waals surface area contributed by atoms with Gasteiger partial charge in [-0.25, -0.2) is 0 Å². The molecule has 0 aromatic heterocycles. The lowest BCUT2D eigenvalue weighted by molar-refractivity contribution is 0.571. The Bertz CT molecular complexity index is 533. The van der Waals surface area contributed by atoms with E-state index in [-0.39, 0.29) is 5.78 Å². The summed E-state index contributed by atoms with van der Waals surface area (Å²) in [6.45, 7) is 0.967. The average Bonchev–Trinajstić information content (AvgIpc) is 3.03. The predicted octanol–water partition coefficient (Wildman–Crippen LogP) is 2.71. The Kier molecular flexibility index (Phi) is 3.54. The molecule has 0 unspecified atom stereocenters. The van der Waals surface area contributed by atoms with Crippen LogP contribution in [0.5, 0.6) is 0 Å². The quantitative estimate of drug-likeness (QED) is 0.870. The van der Waals surface area contributed by atoms with Crippen LogP contribution < -0.4 is 15.9 Å². The minimum absolute atomic E-state index is 0.0808. The zero-order valence-corrected chi connectivity index (χ0v) is 11.7. The van der Waals surface area contributed by atoms with Gasteiger partial charge in [0.05, 0.1) is 5.78 Å². The summed E-state index contributed by atoms with van der Waals surface area (Å²) in [5.41, 5.74) is 0. The highest BCUT2D eigenvalue weighted by molar-refractivity contribution is 7.79. The molecule has 2 aromatic rings. The number of hydrogen-bond donors (Lipinski definition) is 1. The topological polar surface area (TPSA) is 29.1 Å². The van der Waals surface area contributed by atoms with Crippen molar-refractivity contribution >= 4 is 17.8 Å². The van der Waals surface area contributed by atoms with Crippen LogP contribution in [0.25, 0.3) is 0 Å². The molecule has 98 valence electrons. The van der Waals surface area contributed by atoms with Crippen molar-refractivity contribution in [2.75, 3.05) is 6.54 Å². The van der Waals surface area contributed by atoms with E-state index in [1.165, 1.54) is 0 Å². The van der Waals surface area contributed by atoms with E-state index in [0.717, 1.165) is 30.0 Å². The van der Waals surface area contributed by atoms with Crippen LogP contribution in [-0.2, 0) is 4.57 Å². The van der Waals surface area contributed by atoms with Crippen LogP contribution in [0.3, 0.4) is 0 Å². The van der Waals surface area contributed by atoms with E-state index in [1.807, 2.05) is 60.7 Å². The van der Waals surface area contributed by atoms with Crippen LogP contribution in [-0.4, -0.2) is 12.3 Å². The first-order chi connectivity index (χ1) is 9.32. The molecule has 0 saturated carbocycles. The molecule has 0 spiro atoms. The zero-order valence-electron chi connectivity index (χ0n) is 10.8. The molecule has 19 heavy (non-hydrogen) atoms. The molecule has 2 aromatic carbocycles. The third-order valence-electron chi connectivity index (χ3n) is 3.75. The van der Waals surface area contributed by atoms with Crippen LogP contribution >= 0.6 is 7.14 Å². The van der Waals surface area contributed by atoms with Crippen LogP contribution in [0.1, 0.15) is 12.8 Å². The highest BCUT2D eigenvalue weighted by atomic mass is 31.2. The molecule has 1 aliphatic heterocycles. The van der Waals surface area contributed by atoms with Gasteiger partial charge in [-0.1, -0.05) is 60.7 Å². The second-order valence-corrected chi connectivity index (χ2v) is 7.91. The molecule has 3 rings (SSSR count). The minimum Gasteiger partial charge on any atom is -0.312 e. The van der Waals surface area contributed by atoms with Gasteiger partial charge >= 0.3 is 0 Å². The smallest absolute Gasteiger partial charge is 0.159 e. The Balaban J connectivity index is 2.13. The van der Waals surface area contributed by atoms with E-state index in [2.05, 4.69) is 5.32 Å². The Hall–Kier alpha value is -1.37. The lowest BCUT2D eigenvalue weighted by Gasteiger charge is -2.25. The summed E-state index contributed by atoms with van der Waals surface area (Å²) in [4.78, 5) is 0. The first-order valence-corrected chi connectivity index (χ1v) is 8.54. The molecule has 0 radical (unpaired) electrons. The van der Waals surface area contributed by atoms with E-state index in [1.54, 1.807) is 0 Å². The maximum absolute atomic E-state index is 13.8. The molecule has 1 fully saturated rings. The highest BCUT2D eigenvalue weighted by Gasteiger charge is 2.37. The average molecular weight is 271 g/mol. The molecule has 1 N–H and O–H groups in total. The van der Waals surface area contributed by atoms with E-state index in [4.69, 9.17) is 0 Å². The largest absolute Gasteiger partial charge is 0.312 e. The normalized spacial score (nSPS) is 19.5. The van der Waals surface area contributed by atoms with Gasteiger partial charge in [-0.2, -0.15) is 0 Å². The standard InChI is InChI=1S/C16H18NOP/c18-19(16-12-7-13-17-16,14-8-3-1-4-9-14)15-10-5-2-6-11-15/h1-6,8-11,16-17H,7,12-13H2/t16-/m1/s1. The monoisotopic (exact) mass is 271 g/mol. The molecule has 1 aliphatic rings. The Labute approximate surface area is 114 Å². The summed E-state index contributed by atoms with van der Waals surface area (Å²) in [7, 11) is -2.58. The first kappa shape index (κ1) is 12.7. The minimum atomic E-state index is -2.58. The van der Waals surface area contributed by atoms with Gasteiger partial charge in [-0.15, -0.1) is 0 Å². The molecular weight excluding hydrogens is 253 g/mol. The van der Waals surface area contributed by atoms with E-state index in [9.17, 15) is 4.57 Å². The van der Waals surface area contributed by atoms with Crippen molar-refractivity contribution in [2.24, 2.45) is 0 Å². The number of nitrogens with one attached hydrogen (secondary N) is 1. The van der Waals surface area contributed by atoms with Crippen molar-refractivity contribution in [1.82, 2.24) is 5.32 Å². The van der Waals surface area contributed by atoms with E-state index >= 15 is 0 Å². The second kappa shape index (κ2) is 5.32. The van der Waals surface area contributed by atoms with E-state index < -0.39 is 7.14 Å². The van der Waals surface area contributed by atoms with Gasteiger partial charge in [0, 0.05) is 10.6 Å². The van der Waals surface area contributed by atoms with Crippen LogP contribution in [0.2, 0.25) is 0 Å². The molecule has 0 bridgehead atoms. The third kappa shape index (κ3) is 2.27. The SMILES string of the molecule is O=P(c1ccccc1)(c1ccccc1)[C@@H]1CCCN1. The summed E-state index contributed by atoms with van der Waals surface area (Å²) >= 11 is 0. The van der Waals surface area contributed by atoms with Crippen molar-refractivity contribution in [3.63, 3.8) is 0 Å². The molecule has 2 nitrogen and oxygen atoms in total. The Morgan fingerprint density at radius 1 is 0.895 bits per heavy atom. The Morgan fingerprint density at radius 3 is 1.84 bits per heavy atom. The molecule has 0 aliphatic carbocycles. The first-order valence-electron chi connectivity index (χ1n) is 6.76. The van der Waals surface area contributed by atoms with Crippen molar-refractivity contribution < 1.29 is 4.57 Å². The fraction of sp³-hybridized carbons (Fsp3) is 0.250. The van der Waals surface area contributed by atoms with Gasteiger partial charge in [-0.05, 0) is 19.4 Å². The summed E-state index contributed by atoms with van der Waals surface area (Å²) < 4.78 is 13.8. The van der Waals surface area contributed by atoms with Crippen molar-refractivity contribution in [2.45, 2.75) is 18.6 Å². The van der Waals surface area contributed by atoms with Crippen LogP contribution in [0.4, 0.5) is 0 Å². The fourth-order valence-electron chi connectivity index (χ4n) is 2.78. The number of hydrogen-bond acceptors (Lipinski definition) is 2. The Morgan fingerprint density at radius 2 is 1.42 bits per heavy atom. The highest BCUT2D eigenvalue weighted by Crippen LogP contribution is 2.50. The summed E-state index contributed by atoms with van der Waals surface area (Å²) in [6, 6.07) is 19.8. The molecule has 1 saturated heterocycles. The number of benzene rings is 2. The van der Waals surface area contributed by atoms with Gasteiger partial charge in [0.15, 0.2) is 7.14 Å². The van der Waals surface area contributed by atoms with Gasteiger partial charge in [-0.3, -0.25) is 0 Å². The third-order valence-corrected chi connectivity index (χ3v) is 7.20. The van der Waals surface area contributed by atoms with Gasteiger partial charge in [0.25, 0.3) is 0 Å². The lowest BCUT2D eigenvalue weighted by Crippen LogP contribution is -2.32. The number of rotatable bonds is 3. The van der Waals surface area contributed by atoms with Crippen molar-refractivity contribution in [3.8, 4) is 0 Å². The van der Waals surface area contributed by atoms with Crippen molar-refractivity contribution in [3.05, 3.63) is 60.7 Å². The molecule has 1 atom stereocenters. The van der Waals surface area contributed by atoms with Crippen LogP contribution in [0, 0.1) is 0 Å². The van der Waals surface area contributed by atoms with Gasteiger partial charge in [0.2, 0.25) is 0 Å². The molecular formula is C16H18NOP. The fourth-order valence-corrected chi connectivity index (χ4v) is 5.96. The zero-order chi connectivity index (χ0) is 13.1. The second-order valence-electron chi connectivity index (χ2n) is 4.94. The van der Waals surface area contributed by atoms with Crippen molar-refractivity contribution in [1.29, 1.82) is 0 Å². The summed E-state index contributed by atoms with van der Waals surface area (Å²) in [5, 5.41) is 5.35. The lowest BCUT2D eigenvalue weighted by atomic mass is 10.4. The van der Waals surface area contributed by atoms with Gasteiger partial charge < -0.3 is 9.88 Å². The summed E-state index contributed by atoms with van der Waals surface area (Å²) in [6.07, 6.45) is 2.09. The molecule has 1 heterocycles. The molecule has 0 amide bonds. The van der Waals surface area contributed by atoms with Gasteiger partial charge in [0.1, 0.15) is 0 Å². The molecule has 3 heteroatoms. The maximum Gasteiger partial charge on any atom is 0.159 e.